The van der Waals surface area contributed by atoms with Crippen molar-refractivity contribution in [1.82, 2.24) is 9.88 Å². The molecule has 0 radical (unpaired) electrons. The lowest BCUT2D eigenvalue weighted by atomic mass is 10.4. The van der Waals surface area contributed by atoms with Gasteiger partial charge in [0.05, 0.1) is 5.34 Å². The minimum absolute atomic E-state index is 0.194. The third-order valence-corrected chi connectivity index (χ3v) is 2.45. The lowest BCUT2D eigenvalue weighted by Gasteiger charge is -2.13. The molecule has 0 N–H and O–H groups in total. The predicted molar refractivity (Wildman–Crippen MR) is 88.6 cm³/mol. The van der Waals surface area contributed by atoms with Crippen LogP contribution in [0.25, 0.3) is 0 Å². The SMILES string of the molecule is CCN(CC)CC.CN(C)c1ccccn1.ClCCl. The summed E-state index contributed by atoms with van der Waals surface area (Å²) in [7, 11) is 3.95. The highest BCUT2D eigenvalue weighted by Gasteiger charge is 1.90. The first kappa shape index (κ1) is 20.8. The second kappa shape index (κ2) is 15.5. The molecule has 1 heterocycles. The van der Waals surface area contributed by atoms with Crippen LogP contribution >= 0.6 is 23.2 Å². The summed E-state index contributed by atoms with van der Waals surface area (Å²) in [6.45, 7) is 10.1. The zero-order chi connectivity index (χ0) is 15.1. The molecular weight excluding hydrogens is 281 g/mol. The average molecular weight is 308 g/mol. The second-order valence-electron chi connectivity index (χ2n) is 3.80. The number of alkyl halides is 2. The highest BCUT2D eigenvalue weighted by molar-refractivity contribution is 6.40. The Morgan fingerprint density at radius 1 is 1.00 bits per heavy atom. The van der Waals surface area contributed by atoms with Crippen LogP contribution in [-0.2, 0) is 0 Å². The normalized spacial score (nSPS) is 9.05. The summed E-state index contributed by atoms with van der Waals surface area (Å²) in [6.07, 6.45) is 1.79. The molecule has 0 aromatic carbocycles. The third kappa shape index (κ3) is 13.7. The van der Waals surface area contributed by atoms with Gasteiger partial charge >= 0.3 is 0 Å². The van der Waals surface area contributed by atoms with Crippen LogP contribution in [0.1, 0.15) is 20.8 Å². The van der Waals surface area contributed by atoms with Gasteiger partial charge in [-0.05, 0) is 31.8 Å². The van der Waals surface area contributed by atoms with Gasteiger partial charge in [-0.25, -0.2) is 4.98 Å². The van der Waals surface area contributed by atoms with Crippen LogP contribution in [0.2, 0.25) is 0 Å². The summed E-state index contributed by atoms with van der Waals surface area (Å²) in [4.78, 5) is 8.45. The molecule has 19 heavy (non-hydrogen) atoms. The van der Waals surface area contributed by atoms with Gasteiger partial charge in [-0.2, -0.15) is 0 Å². The summed E-state index contributed by atoms with van der Waals surface area (Å²) in [5.41, 5.74) is 0. The molecule has 112 valence electrons. The first-order valence-electron chi connectivity index (χ1n) is 6.49. The van der Waals surface area contributed by atoms with E-state index in [-0.39, 0.29) is 5.34 Å². The summed E-state index contributed by atoms with van der Waals surface area (Å²) < 4.78 is 0. The van der Waals surface area contributed by atoms with Gasteiger partial charge in [-0.3, -0.25) is 0 Å². The summed E-state index contributed by atoms with van der Waals surface area (Å²) in [5.74, 6) is 0.998. The molecule has 1 rings (SSSR count). The maximum Gasteiger partial charge on any atom is 0.127 e. The van der Waals surface area contributed by atoms with Crippen LogP contribution in [0.4, 0.5) is 5.82 Å². The van der Waals surface area contributed by atoms with E-state index in [2.05, 4.69) is 30.7 Å². The van der Waals surface area contributed by atoms with Gasteiger partial charge in [-0.1, -0.05) is 26.8 Å². The van der Waals surface area contributed by atoms with Crippen LogP contribution in [-0.4, -0.2) is 49.0 Å². The van der Waals surface area contributed by atoms with Crippen molar-refractivity contribution in [3.63, 3.8) is 0 Å². The molecule has 0 spiro atoms. The quantitative estimate of drug-likeness (QED) is 0.786. The minimum Gasteiger partial charge on any atom is -0.363 e. The molecular formula is C14H27Cl2N3. The first-order valence-corrected chi connectivity index (χ1v) is 7.56. The molecule has 0 saturated carbocycles. The van der Waals surface area contributed by atoms with Gasteiger partial charge in [0.2, 0.25) is 0 Å². The van der Waals surface area contributed by atoms with Gasteiger partial charge < -0.3 is 9.80 Å². The Morgan fingerprint density at radius 3 is 1.63 bits per heavy atom. The average Bonchev–Trinajstić information content (AvgIpc) is 2.43. The second-order valence-corrected chi connectivity index (χ2v) is 4.61. The van der Waals surface area contributed by atoms with Crippen molar-refractivity contribution in [2.75, 3.05) is 44.0 Å². The number of hydrogen-bond donors (Lipinski definition) is 0. The Labute approximate surface area is 128 Å². The first-order chi connectivity index (χ1) is 9.06. The molecule has 0 aliphatic heterocycles. The number of nitrogens with zero attached hydrogens (tertiary/aromatic N) is 3. The molecule has 0 saturated heterocycles. The Hall–Kier alpha value is -0.510. The number of anilines is 1. The molecule has 0 unspecified atom stereocenters. The fourth-order valence-corrected chi connectivity index (χ4v) is 1.29. The van der Waals surface area contributed by atoms with Crippen LogP contribution < -0.4 is 4.90 Å². The number of aromatic nitrogens is 1. The van der Waals surface area contributed by atoms with E-state index in [1.54, 1.807) is 6.20 Å². The van der Waals surface area contributed by atoms with Crippen LogP contribution in [0.3, 0.4) is 0 Å². The molecule has 0 bridgehead atoms. The molecule has 1 aromatic rings. The minimum atomic E-state index is 0.194. The van der Waals surface area contributed by atoms with Gasteiger partial charge in [-0.15, -0.1) is 23.2 Å². The number of rotatable bonds is 4. The van der Waals surface area contributed by atoms with Gasteiger partial charge in [0.15, 0.2) is 0 Å². The Balaban J connectivity index is 0. The van der Waals surface area contributed by atoms with E-state index in [4.69, 9.17) is 23.2 Å². The summed E-state index contributed by atoms with van der Waals surface area (Å²) in [6, 6.07) is 5.86. The van der Waals surface area contributed by atoms with Gasteiger partial charge in [0.25, 0.3) is 0 Å². The van der Waals surface area contributed by atoms with Crippen molar-refractivity contribution in [2.24, 2.45) is 0 Å². The van der Waals surface area contributed by atoms with E-state index < -0.39 is 0 Å². The van der Waals surface area contributed by atoms with Gasteiger partial charge in [0.1, 0.15) is 5.82 Å². The van der Waals surface area contributed by atoms with E-state index in [1.807, 2.05) is 37.2 Å². The highest BCUT2D eigenvalue weighted by atomic mass is 35.5. The van der Waals surface area contributed by atoms with Crippen molar-refractivity contribution in [3.8, 4) is 0 Å². The number of halogens is 2. The summed E-state index contributed by atoms with van der Waals surface area (Å²) in [5, 5.41) is 0.194. The van der Waals surface area contributed by atoms with Crippen LogP contribution in [0, 0.1) is 0 Å². The van der Waals surface area contributed by atoms with Crippen molar-refractivity contribution in [2.45, 2.75) is 20.8 Å². The largest absolute Gasteiger partial charge is 0.363 e. The standard InChI is InChI=1S/C7H10N2.C6H15N.CH2Cl2/c1-9(2)7-5-3-4-6-8-7;1-4-7(5-2)6-3;2-1-3/h3-6H,1-2H3;4-6H2,1-3H3;1H2. The van der Waals surface area contributed by atoms with E-state index >= 15 is 0 Å². The highest BCUT2D eigenvalue weighted by Crippen LogP contribution is 2.02. The predicted octanol–water partition coefficient (Wildman–Crippen LogP) is 3.92. The maximum atomic E-state index is 4.76. The lowest BCUT2D eigenvalue weighted by Crippen LogP contribution is -2.21. The summed E-state index contributed by atoms with van der Waals surface area (Å²) >= 11 is 9.53. The molecule has 0 aliphatic carbocycles. The molecule has 5 heteroatoms. The molecule has 0 fully saturated rings. The third-order valence-electron chi connectivity index (χ3n) is 2.45. The molecule has 0 aliphatic rings. The zero-order valence-corrected chi connectivity index (χ0v) is 14.2. The topological polar surface area (TPSA) is 19.4 Å². The van der Waals surface area contributed by atoms with Crippen molar-refractivity contribution in [1.29, 1.82) is 0 Å². The zero-order valence-electron chi connectivity index (χ0n) is 12.7. The number of pyridine rings is 1. The Bertz CT molecular complexity index is 259. The van der Waals surface area contributed by atoms with Crippen molar-refractivity contribution in [3.05, 3.63) is 24.4 Å². The van der Waals surface area contributed by atoms with Crippen molar-refractivity contribution >= 4 is 29.0 Å². The number of hydrogen-bond acceptors (Lipinski definition) is 3. The fourth-order valence-electron chi connectivity index (χ4n) is 1.29. The molecule has 1 aromatic heterocycles. The van der Waals surface area contributed by atoms with E-state index in [1.165, 1.54) is 19.6 Å². The van der Waals surface area contributed by atoms with E-state index in [0.717, 1.165) is 5.82 Å². The Morgan fingerprint density at radius 2 is 1.47 bits per heavy atom. The lowest BCUT2D eigenvalue weighted by molar-refractivity contribution is 0.321. The molecule has 0 atom stereocenters. The van der Waals surface area contributed by atoms with E-state index in [9.17, 15) is 0 Å². The van der Waals surface area contributed by atoms with Gasteiger partial charge in [0, 0.05) is 20.3 Å². The van der Waals surface area contributed by atoms with Crippen LogP contribution in [0.5, 0.6) is 0 Å². The fraction of sp³-hybridized carbons (Fsp3) is 0.643. The van der Waals surface area contributed by atoms with E-state index in [0.29, 0.717) is 0 Å². The maximum absolute atomic E-state index is 4.76. The van der Waals surface area contributed by atoms with Crippen LogP contribution in [0.15, 0.2) is 24.4 Å². The Kier molecular flexibility index (Phi) is 17.0. The molecule has 3 nitrogen and oxygen atoms in total. The molecule has 0 amide bonds. The smallest absolute Gasteiger partial charge is 0.127 e. The monoisotopic (exact) mass is 307 g/mol. The van der Waals surface area contributed by atoms with Crippen molar-refractivity contribution < 1.29 is 0 Å².